The smallest absolute Gasteiger partial charge is 0.410 e. The summed E-state index contributed by atoms with van der Waals surface area (Å²) in [6, 6.07) is 9.86. The van der Waals surface area contributed by atoms with Crippen molar-refractivity contribution in [3.05, 3.63) is 47.5 Å². The zero-order valence-corrected chi connectivity index (χ0v) is 15.5. The van der Waals surface area contributed by atoms with Crippen LogP contribution in [0.1, 0.15) is 45.6 Å². The summed E-state index contributed by atoms with van der Waals surface area (Å²) in [5, 5.41) is 0. The van der Waals surface area contributed by atoms with E-state index in [1.807, 2.05) is 57.2 Å². The fourth-order valence-electron chi connectivity index (χ4n) is 2.86. The molecule has 0 spiro atoms. The van der Waals surface area contributed by atoms with Crippen LogP contribution in [0.5, 0.6) is 0 Å². The summed E-state index contributed by atoms with van der Waals surface area (Å²) >= 11 is 0. The number of esters is 1. The molecule has 1 unspecified atom stereocenters. The lowest BCUT2D eigenvalue weighted by atomic mass is 9.94. The quantitative estimate of drug-likeness (QED) is 0.772. The molecule has 0 saturated carbocycles. The van der Waals surface area contributed by atoms with Gasteiger partial charge in [-0.3, -0.25) is 0 Å². The van der Waals surface area contributed by atoms with Crippen LogP contribution in [0.4, 0.5) is 4.79 Å². The van der Waals surface area contributed by atoms with E-state index in [0.29, 0.717) is 31.4 Å². The largest absolute Gasteiger partial charge is 0.466 e. The highest BCUT2D eigenvalue weighted by Gasteiger charge is 2.30. The zero-order chi connectivity index (χ0) is 18.4. The molecule has 0 N–H and O–H groups in total. The van der Waals surface area contributed by atoms with Gasteiger partial charge in [-0.2, -0.15) is 0 Å². The number of nitrogens with zero attached hydrogens (tertiary/aromatic N) is 1. The summed E-state index contributed by atoms with van der Waals surface area (Å²) in [6.45, 7) is 6.08. The van der Waals surface area contributed by atoms with E-state index in [4.69, 9.17) is 9.47 Å². The maximum absolute atomic E-state index is 12.7. The average Bonchev–Trinajstić information content (AvgIpc) is 2.58. The van der Waals surface area contributed by atoms with Crippen molar-refractivity contribution in [2.75, 3.05) is 7.11 Å². The predicted molar refractivity (Wildman–Crippen MR) is 96.0 cm³/mol. The van der Waals surface area contributed by atoms with Crippen LogP contribution in [0.25, 0.3) is 0 Å². The Balaban J connectivity index is 2.16. The van der Waals surface area contributed by atoms with Crippen molar-refractivity contribution in [2.24, 2.45) is 0 Å². The van der Waals surface area contributed by atoms with Crippen LogP contribution in [-0.2, 0) is 20.8 Å². The minimum absolute atomic E-state index is 0.00321. The maximum atomic E-state index is 12.7. The number of methoxy groups -OCH3 is 1. The number of benzene rings is 1. The first-order chi connectivity index (χ1) is 11.8. The van der Waals surface area contributed by atoms with Crippen LogP contribution in [0.2, 0.25) is 0 Å². The Labute approximate surface area is 149 Å². The summed E-state index contributed by atoms with van der Waals surface area (Å²) in [5.74, 6) is -0.287. The van der Waals surface area contributed by atoms with Crippen molar-refractivity contribution in [1.82, 2.24) is 4.90 Å². The topological polar surface area (TPSA) is 55.8 Å². The molecule has 0 bridgehead atoms. The van der Waals surface area contributed by atoms with Gasteiger partial charge >= 0.3 is 12.1 Å². The van der Waals surface area contributed by atoms with Crippen LogP contribution in [-0.4, -0.2) is 35.7 Å². The summed E-state index contributed by atoms with van der Waals surface area (Å²) in [7, 11) is 1.39. The van der Waals surface area contributed by atoms with Gasteiger partial charge in [0.25, 0.3) is 0 Å². The average molecular weight is 345 g/mol. The van der Waals surface area contributed by atoms with E-state index in [0.717, 1.165) is 5.56 Å². The van der Waals surface area contributed by atoms with Gasteiger partial charge in [-0.05, 0) is 45.6 Å². The van der Waals surface area contributed by atoms with Crippen molar-refractivity contribution in [3.8, 4) is 0 Å². The van der Waals surface area contributed by atoms with Crippen LogP contribution in [0.15, 0.2) is 42.0 Å². The molecule has 1 atom stereocenters. The number of carbonyl (C=O) groups is 2. The Hall–Kier alpha value is -2.30. The first kappa shape index (κ1) is 19.0. The monoisotopic (exact) mass is 345 g/mol. The number of ether oxygens (including phenoxy) is 2. The minimum atomic E-state index is -0.548. The molecule has 1 aromatic carbocycles. The molecule has 0 aromatic heterocycles. The molecule has 0 aliphatic heterocycles. The standard InChI is InChI=1S/C20H27NO4/c1-20(2,3)25-19(23)21(14-15-8-6-5-7-9-15)17-12-10-16(11-13-17)18(22)24-4/h5-10,17H,11-14H2,1-4H3. The Morgan fingerprint density at radius 3 is 2.40 bits per heavy atom. The van der Waals surface area contributed by atoms with Gasteiger partial charge in [0.1, 0.15) is 5.60 Å². The number of hydrogen-bond donors (Lipinski definition) is 0. The summed E-state index contributed by atoms with van der Waals surface area (Å²) < 4.78 is 10.4. The molecule has 25 heavy (non-hydrogen) atoms. The molecule has 1 aliphatic carbocycles. The maximum Gasteiger partial charge on any atom is 0.410 e. The van der Waals surface area contributed by atoms with Crippen molar-refractivity contribution in [1.29, 1.82) is 0 Å². The second kappa shape index (κ2) is 8.19. The fourth-order valence-corrected chi connectivity index (χ4v) is 2.86. The van der Waals surface area contributed by atoms with Gasteiger partial charge in [-0.1, -0.05) is 36.4 Å². The third-order valence-electron chi connectivity index (χ3n) is 4.10. The van der Waals surface area contributed by atoms with E-state index in [1.54, 1.807) is 4.90 Å². The van der Waals surface area contributed by atoms with Crippen LogP contribution >= 0.6 is 0 Å². The van der Waals surface area contributed by atoms with Gasteiger partial charge in [0, 0.05) is 18.2 Å². The van der Waals surface area contributed by atoms with Gasteiger partial charge in [-0.25, -0.2) is 9.59 Å². The highest BCUT2D eigenvalue weighted by molar-refractivity contribution is 5.88. The fraction of sp³-hybridized carbons (Fsp3) is 0.500. The third-order valence-corrected chi connectivity index (χ3v) is 4.10. The number of amides is 1. The Bertz CT molecular complexity index is 631. The van der Waals surface area contributed by atoms with E-state index in [-0.39, 0.29) is 18.1 Å². The summed E-state index contributed by atoms with van der Waals surface area (Å²) in [5.41, 5.74) is 1.19. The van der Waals surface area contributed by atoms with E-state index >= 15 is 0 Å². The Kier molecular flexibility index (Phi) is 6.23. The van der Waals surface area contributed by atoms with Crippen molar-refractivity contribution in [3.63, 3.8) is 0 Å². The first-order valence-electron chi connectivity index (χ1n) is 8.61. The third kappa shape index (κ3) is 5.62. The number of rotatable bonds is 4. The van der Waals surface area contributed by atoms with Gasteiger partial charge in [-0.15, -0.1) is 0 Å². The molecule has 0 fully saturated rings. The van der Waals surface area contributed by atoms with Gasteiger partial charge in [0.05, 0.1) is 7.11 Å². The molecular formula is C20H27NO4. The molecule has 1 aliphatic rings. The highest BCUT2D eigenvalue weighted by Crippen LogP contribution is 2.26. The second-order valence-electron chi connectivity index (χ2n) is 7.24. The van der Waals surface area contributed by atoms with Gasteiger partial charge in [0.2, 0.25) is 0 Å². The molecule has 1 amide bonds. The predicted octanol–water partition coefficient (Wildman–Crippen LogP) is 4.08. The Morgan fingerprint density at radius 1 is 1.20 bits per heavy atom. The lowest BCUT2D eigenvalue weighted by molar-refractivity contribution is -0.136. The van der Waals surface area contributed by atoms with Crippen molar-refractivity contribution in [2.45, 2.75) is 58.2 Å². The van der Waals surface area contributed by atoms with E-state index in [2.05, 4.69) is 0 Å². The number of hydrogen-bond acceptors (Lipinski definition) is 4. The molecule has 0 heterocycles. The van der Waals surface area contributed by atoms with Crippen LogP contribution in [0, 0.1) is 0 Å². The van der Waals surface area contributed by atoms with E-state index in [9.17, 15) is 9.59 Å². The molecular weight excluding hydrogens is 318 g/mol. The molecule has 0 radical (unpaired) electrons. The first-order valence-corrected chi connectivity index (χ1v) is 8.61. The van der Waals surface area contributed by atoms with Crippen LogP contribution in [0.3, 0.4) is 0 Å². The molecule has 5 heteroatoms. The second-order valence-corrected chi connectivity index (χ2v) is 7.24. The summed E-state index contributed by atoms with van der Waals surface area (Å²) in [4.78, 5) is 26.2. The summed E-state index contributed by atoms with van der Waals surface area (Å²) in [6.07, 6.45) is 3.49. The number of carbonyl (C=O) groups excluding carboxylic acids is 2. The van der Waals surface area contributed by atoms with Gasteiger partial charge < -0.3 is 14.4 Å². The molecule has 2 rings (SSSR count). The molecule has 5 nitrogen and oxygen atoms in total. The van der Waals surface area contributed by atoms with E-state index in [1.165, 1.54) is 7.11 Å². The molecule has 1 aromatic rings. The van der Waals surface area contributed by atoms with Gasteiger partial charge in [0.15, 0.2) is 0 Å². The van der Waals surface area contributed by atoms with Crippen LogP contribution < -0.4 is 0 Å². The lowest BCUT2D eigenvalue weighted by Crippen LogP contribution is -2.43. The SMILES string of the molecule is COC(=O)C1=CCC(N(Cc2ccccc2)C(=O)OC(C)(C)C)CC1. The lowest BCUT2D eigenvalue weighted by Gasteiger charge is -2.35. The van der Waals surface area contributed by atoms with Crippen molar-refractivity contribution < 1.29 is 19.1 Å². The van der Waals surface area contributed by atoms with Crippen molar-refractivity contribution >= 4 is 12.1 Å². The zero-order valence-electron chi connectivity index (χ0n) is 15.5. The minimum Gasteiger partial charge on any atom is -0.466 e. The highest BCUT2D eigenvalue weighted by atomic mass is 16.6. The molecule has 136 valence electrons. The molecule has 0 saturated heterocycles. The Morgan fingerprint density at radius 2 is 1.88 bits per heavy atom. The van der Waals surface area contributed by atoms with E-state index < -0.39 is 5.60 Å². The normalized spacial score (nSPS) is 17.4.